The lowest BCUT2D eigenvalue weighted by atomic mass is 10.2. The highest BCUT2D eigenvalue weighted by molar-refractivity contribution is 5.48. The Bertz CT molecular complexity index is 314. The highest BCUT2D eigenvalue weighted by Crippen LogP contribution is 2.18. The molecule has 1 aliphatic heterocycles. The van der Waals surface area contributed by atoms with E-state index in [2.05, 4.69) is 17.3 Å². The molecular weight excluding hydrogens is 176 g/mol. The van der Waals surface area contributed by atoms with Crippen LogP contribution in [0.2, 0.25) is 0 Å². The first-order valence-electron chi connectivity index (χ1n) is 4.98. The number of rotatable bonds is 2. The second-order valence-electron chi connectivity index (χ2n) is 3.94. The number of nitrogens with zero attached hydrogens (tertiary/aromatic N) is 1. The van der Waals surface area contributed by atoms with E-state index in [-0.39, 0.29) is 0 Å². The SMILES string of the molecule is CN1CCC(Nc2cccc(O)c2)C1. The molecule has 1 unspecified atom stereocenters. The summed E-state index contributed by atoms with van der Waals surface area (Å²) in [5.41, 5.74) is 1.00. The van der Waals surface area contributed by atoms with Gasteiger partial charge in [0.05, 0.1) is 0 Å². The summed E-state index contributed by atoms with van der Waals surface area (Å²) in [5, 5.41) is 12.7. The summed E-state index contributed by atoms with van der Waals surface area (Å²) in [6.07, 6.45) is 1.17. The zero-order valence-corrected chi connectivity index (χ0v) is 8.40. The lowest BCUT2D eigenvalue weighted by Gasteiger charge is -2.14. The molecule has 1 heterocycles. The van der Waals surface area contributed by atoms with Crippen molar-refractivity contribution in [3.63, 3.8) is 0 Å². The maximum Gasteiger partial charge on any atom is 0.117 e. The fraction of sp³-hybridized carbons (Fsp3) is 0.455. The van der Waals surface area contributed by atoms with Crippen LogP contribution in [0.25, 0.3) is 0 Å². The van der Waals surface area contributed by atoms with E-state index >= 15 is 0 Å². The van der Waals surface area contributed by atoms with Crippen LogP contribution in [0.15, 0.2) is 24.3 Å². The molecule has 0 aromatic heterocycles. The molecule has 1 aliphatic rings. The van der Waals surface area contributed by atoms with Gasteiger partial charge in [0.1, 0.15) is 5.75 Å². The van der Waals surface area contributed by atoms with Crippen molar-refractivity contribution in [1.82, 2.24) is 4.90 Å². The van der Waals surface area contributed by atoms with Gasteiger partial charge in [-0.15, -0.1) is 0 Å². The predicted octanol–water partition coefficient (Wildman–Crippen LogP) is 1.51. The molecule has 1 aromatic carbocycles. The van der Waals surface area contributed by atoms with Gasteiger partial charge in [0.25, 0.3) is 0 Å². The number of phenolic OH excluding ortho intramolecular Hbond substituents is 1. The van der Waals surface area contributed by atoms with Crippen molar-refractivity contribution in [2.45, 2.75) is 12.5 Å². The van der Waals surface area contributed by atoms with E-state index in [1.165, 1.54) is 6.42 Å². The van der Waals surface area contributed by atoms with Gasteiger partial charge >= 0.3 is 0 Å². The van der Waals surface area contributed by atoms with Crippen LogP contribution in [0.4, 0.5) is 5.69 Å². The third-order valence-electron chi connectivity index (χ3n) is 2.61. The summed E-state index contributed by atoms with van der Waals surface area (Å²) in [4.78, 5) is 2.31. The minimum absolute atomic E-state index is 0.321. The summed E-state index contributed by atoms with van der Waals surface area (Å²) in [7, 11) is 2.13. The highest BCUT2D eigenvalue weighted by atomic mass is 16.3. The number of hydrogen-bond donors (Lipinski definition) is 2. The van der Waals surface area contributed by atoms with Gasteiger partial charge in [-0.1, -0.05) is 6.07 Å². The Morgan fingerprint density at radius 1 is 1.50 bits per heavy atom. The maximum absolute atomic E-state index is 9.29. The second kappa shape index (κ2) is 3.88. The zero-order chi connectivity index (χ0) is 9.97. The highest BCUT2D eigenvalue weighted by Gasteiger charge is 2.18. The molecule has 2 N–H and O–H groups in total. The number of nitrogens with one attached hydrogen (secondary N) is 1. The second-order valence-corrected chi connectivity index (χ2v) is 3.94. The van der Waals surface area contributed by atoms with Crippen LogP contribution in [-0.2, 0) is 0 Å². The van der Waals surface area contributed by atoms with Crippen molar-refractivity contribution in [3.05, 3.63) is 24.3 Å². The van der Waals surface area contributed by atoms with Gasteiger partial charge < -0.3 is 15.3 Å². The molecule has 0 spiro atoms. The Labute approximate surface area is 84.4 Å². The molecule has 0 amide bonds. The largest absolute Gasteiger partial charge is 0.508 e. The topological polar surface area (TPSA) is 35.5 Å². The van der Waals surface area contributed by atoms with Crippen molar-refractivity contribution in [1.29, 1.82) is 0 Å². The molecule has 14 heavy (non-hydrogen) atoms. The normalized spacial score (nSPS) is 22.5. The van der Waals surface area contributed by atoms with Crippen LogP contribution >= 0.6 is 0 Å². The molecular formula is C11H16N2O. The van der Waals surface area contributed by atoms with Gasteiger partial charge in [-0.05, 0) is 32.1 Å². The van der Waals surface area contributed by atoms with Gasteiger partial charge in [-0.2, -0.15) is 0 Å². The molecule has 1 aromatic rings. The van der Waals surface area contributed by atoms with E-state index in [4.69, 9.17) is 0 Å². The molecule has 0 radical (unpaired) electrons. The number of anilines is 1. The Balaban J connectivity index is 1.97. The van der Waals surface area contributed by atoms with Crippen LogP contribution in [-0.4, -0.2) is 36.2 Å². The summed E-state index contributed by atoms with van der Waals surface area (Å²) in [6.45, 7) is 2.23. The van der Waals surface area contributed by atoms with Crippen LogP contribution < -0.4 is 5.32 Å². The number of phenols is 1. The molecule has 1 saturated heterocycles. The van der Waals surface area contributed by atoms with E-state index in [0.717, 1.165) is 18.8 Å². The average molecular weight is 192 g/mol. The lowest BCUT2D eigenvalue weighted by molar-refractivity contribution is 0.414. The molecule has 76 valence electrons. The molecule has 2 rings (SSSR count). The number of likely N-dealkylation sites (N-methyl/N-ethyl adjacent to an activating group) is 1. The molecule has 0 saturated carbocycles. The van der Waals surface area contributed by atoms with Crippen molar-refractivity contribution >= 4 is 5.69 Å². The van der Waals surface area contributed by atoms with E-state index in [1.807, 2.05) is 12.1 Å². The number of benzene rings is 1. The van der Waals surface area contributed by atoms with Crippen molar-refractivity contribution in [2.75, 3.05) is 25.5 Å². The third kappa shape index (κ3) is 2.17. The fourth-order valence-electron chi connectivity index (χ4n) is 1.88. The Morgan fingerprint density at radius 2 is 2.36 bits per heavy atom. The quantitative estimate of drug-likeness (QED) is 0.745. The van der Waals surface area contributed by atoms with Crippen LogP contribution in [0, 0.1) is 0 Å². The summed E-state index contributed by atoms with van der Waals surface area (Å²) < 4.78 is 0. The minimum atomic E-state index is 0.321. The van der Waals surface area contributed by atoms with E-state index in [9.17, 15) is 5.11 Å². The minimum Gasteiger partial charge on any atom is -0.508 e. The van der Waals surface area contributed by atoms with E-state index in [0.29, 0.717) is 11.8 Å². The Morgan fingerprint density at radius 3 is 3.00 bits per heavy atom. The first-order valence-corrected chi connectivity index (χ1v) is 4.98. The Hall–Kier alpha value is -1.22. The van der Waals surface area contributed by atoms with Crippen molar-refractivity contribution in [3.8, 4) is 5.75 Å². The number of aromatic hydroxyl groups is 1. The van der Waals surface area contributed by atoms with Crippen LogP contribution in [0.3, 0.4) is 0 Å². The monoisotopic (exact) mass is 192 g/mol. The van der Waals surface area contributed by atoms with Crippen LogP contribution in [0.1, 0.15) is 6.42 Å². The van der Waals surface area contributed by atoms with Crippen LogP contribution in [0.5, 0.6) is 5.75 Å². The van der Waals surface area contributed by atoms with Gasteiger partial charge in [-0.25, -0.2) is 0 Å². The van der Waals surface area contributed by atoms with Gasteiger partial charge in [0.15, 0.2) is 0 Å². The third-order valence-corrected chi connectivity index (χ3v) is 2.61. The summed E-state index contributed by atoms with van der Waals surface area (Å²) in [6, 6.07) is 7.81. The van der Waals surface area contributed by atoms with E-state index < -0.39 is 0 Å². The van der Waals surface area contributed by atoms with Gasteiger partial charge in [-0.3, -0.25) is 0 Å². The molecule has 1 atom stereocenters. The smallest absolute Gasteiger partial charge is 0.117 e. The number of hydrogen-bond acceptors (Lipinski definition) is 3. The van der Waals surface area contributed by atoms with Crippen molar-refractivity contribution in [2.24, 2.45) is 0 Å². The lowest BCUT2D eigenvalue weighted by Crippen LogP contribution is -2.23. The van der Waals surface area contributed by atoms with Gasteiger partial charge in [0.2, 0.25) is 0 Å². The molecule has 0 bridgehead atoms. The van der Waals surface area contributed by atoms with E-state index in [1.54, 1.807) is 12.1 Å². The summed E-state index contributed by atoms with van der Waals surface area (Å²) >= 11 is 0. The molecule has 3 heteroatoms. The summed E-state index contributed by atoms with van der Waals surface area (Å²) in [5.74, 6) is 0.321. The first kappa shape index (κ1) is 9.34. The molecule has 3 nitrogen and oxygen atoms in total. The Kier molecular flexibility index (Phi) is 2.59. The fourth-order valence-corrected chi connectivity index (χ4v) is 1.88. The standard InChI is InChI=1S/C11H16N2O/c1-13-6-5-10(8-13)12-9-3-2-4-11(14)7-9/h2-4,7,10,12,14H,5-6,8H2,1H3. The predicted molar refractivity (Wildman–Crippen MR) is 57.6 cm³/mol. The average Bonchev–Trinajstić information content (AvgIpc) is 2.51. The first-order chi connectivity index (χ1) is 6.74. The number of likely N-dealkylation sites (tertiary alicyclic amines) is 1. The zero-order valence-electron chi connectivity index (χ0n) is 8.40. The maximum atomic E-state index is 9.29. The molecule has 1 fully saturated rings. The molecule has 0 aliphatic carbocycles. The van der Waals surface area contributed by atoms with Crippen molar-refractivity contribution < 1.29 is 5.11 Å². The van der Waals surface area contributed by atoms with Gasteiger partial charge in [0, 0.05) is 24.3 Å².